The summed E-state index contributed by atoms with van der Waals surface area (Å²) < 4.78 is 17.2. The van der Waals surface area contributed by atoms with Gasteiger partial charge in [0.05, 0.1) is 25.8 Å². The number of methoxy groups -OCH3 is 3. The van der Waals surface area contributed by atoms with Crippen molar-refractivity contribution in [2.24, 2.45) is 0 Å². The van der Waals surface area contributed by atoms with E-state index < -0.39 is 0 Å². The molecule has 0 amide bonds. The summed E-state index contributed by atoms with van der Waals surface area (Å²) in [5.41, 5.74) is 3.37. The van der Waals surface area contributed by atoms with E-state index in [0.29, 0.717) is 0 Å². The Morgan fingerprint density at radius 2 is 1.64 bits per heavy atom. The number of hydrogen-bond donors (Lipinski definition) is 0. The quantitative estimate of drug-likeness (QED) is 0.631. The molecule has 0 atom stereocenters. The van der Waals surface area contributed by atoms with Gasteiger partial charge in [0.15, 0.2) is 0 Å². The molecule has 28 heavy (non-hydrogen) atoms. The van der Waals surface area contributed by atoms with Gasteiger partial charge in [-0.15, -0.1) is 0 Å². The first kappa shape index (κ1) is 20.4. The summed E-state index contributed by atoms with van der Waals surface area (Å²) in [6, 6.07) is 12.1. The molecule has 0 saturated carbocycles. The van der Waals surface area contributed by atoms with Crippen molar-refractivity contribution in [3.63, 3.8) is 0 Å². The monoisotopic (exact) mass is 446 g/mol. The molecule has 2 aromatic carbocycles. The maximum atomic E-state index is 5.50. The molecule has 0 aliphatic carbocycles. The fraction of sp³-hybridized carbons (Fsp3) is 0.364. The molecule has 0 radical (unpaired) electrons. The second-order valence-electron chi connectivity index (χ2n) is 6.71. The van der Waals surface area contributed by atoms with E-state index in [4.69, 9.17) is 14.2 Å². The molecule has 5 nitrogen and oxygen atoms in total. The number of hydrogen-bond acceptors (Lipinski definition) is 5. The molecule has 0 aromatic heterocycles. The maximum absolute atomic E-state index is 5.50. The molecule has 1 saturated heterocycles. The van der Waals surface area contributed by atoms with Crippen molar-refractivity contribution in [1.82, 2.24) is 4.90 Å². The molecule has 1 aliphatic heterocycles. The highest BCUT2D eigenvalue weighted by atomic mass is 79.9. The van der Waals surface area contributed by atoms with E-state index in [1.54, 1.807) is 21.3 Å². The lowest BCUT2D eigenvalue weighted by atomic mass is 10.1. The summed E-state index contributed by atoms with van der Waals surface area (Å²) in [6.45, 7) is 8.08. The molecule has 3 rings (SSSR count). The molecule has 0 spiro atoms. The van der Waals surface area contributed by atoms with Crippen LogP contribution in [0.25, 0.3) is 0 Å². The van der Waals surface area contributed by atoms with Crippen LogP contribution in [-0.4, -0.2) is 52.4 Å². The van der Waals surface area contributed by atoms with Crippen LogP contribution < -0.4 is 19.1 Å². The van der Waals surface area contributed by atoms with Crippen LogP contribution in [0, 0.1) is 0 Å². The fourth-order valence-corrected chi connectivity index (χ4v) is 3.89. The number of allylic oxidation sites excluding steroid dienone is 1. The maximum Gasteiger partial charge on any atom is 0.135 e. The summed E-state index contributed by atoms with van der Waals surface area (Å²) in [6.07, 6.45) is 0.743. The number of rotatable bonds is 7. The Labute approximate surface area is 175 Å². The van der Waals surface area contributed by atoms with E-state index in [9.17, 15) is 0 Å². The third-order valence-electron chi connectivity index (χ3n) is 5.11. The molecule has 0 bridgehead atoms. The normalized spacial score (nSPS) is 14.0. The Morgan fingerprint density at radius 1 is 0.929 bits per heavy atom. The van der Waals surface area contributed by atoms with Gasteiger partial charge < -0.3 is 24.0 Å². The van der Waals surface area contributed by atoms with Crippen LogP contribution in [-0.2, 0) is 6.42 Å². The van der Waals surface area contributed by atoms with Gasteiger partial charge in [-0.25, -0.2) is 0 Å². The van der Waals surface area contributed by atoms with Gasteiger partial charge in [0, 0.05) is 55.6 Å². The van der Waals surface area contributed by atoms with Crippen molar-refractivity contribution < 1.29 is 14.2 Å². The standard InChI is InChI=1S/C22H27BrN2O3/c1-16(13-17-14-19(26-2)6-8-21(17)27-3)24-9-11-25(12-10-24)18-5-7-20(23)22(15-18)28-4/h5-8,14-15H,1,9-13H2,2-4H3. The van der Waals surface area contributed by atoms with E-state index in [1.165, 1.54) is 5.69 Å². The first-order chi connectivity index (χ1) is 13.5. The second kappa shape index (κ2) is 9.24. The highest BCUT2D eigenvalue weighted by Crippen LogP contribution is 2.31. The summed E-state index contributed by atoms with van der Waals surface area (Å²) in [5.74, 6) is 2.55. The SMILES string of the molecule is C=C(Cc1cc(OC)ccc1OC)N1CCN(c2ccc(Br)c(OC)c2)CC1. The number of halogens is 1. The lowest BCUT2D eigenvalue weighted by molar-refractivity contribution is 0.315. The first-order valence-corrected chi connectivity index (χ1v) is 10.1. The Morgan fingerprint density at radius 3 is 2.29 bits per heavy atom. The minimum absolute atomic E-state index is 0.743. The molecule has 1 aliphatic rings. The molecule has 1 fully saturated rings. The van der Waals surface area contributed by atoms with Gasteiger partial charge in [-0.2, -0.15) is 0 Å². The van der Waals surface area contributed by atoms with Gasteiger partial charge in [0.2, 0.25) is 0 Å². The second-order valence-corrected chi connectivity index (χ2v) is 7.57. The molecule has 0 N–H and O–H groups in total. The third kappa shape index (κ3) is 4.55. The molecule has 6 heteroatoms. The molecular weight excluding hydrogens is 420 g/mol. The molecule has 150 valence electrons. The average Bonchev–Trinajstić information content (AvgIpc) is 2.74. The Bertz CT molecular complexity index is 833. The van der Waals surface area contributed by atoms with Crippen molar-refractivity contribution in [1.29, 1.82) is 0 Å². The highest BCUT2D eigenvalue weighted by molar-refractivity contribution is 9.10. The number of ether oxygens (including phenoxy) is 3. The van der Waals surface area contributed by atoms with Gasteiger partial charge >= 0.3 is 0 Å². The van der Waals surface area contributed by atoms with Crippen LogP contribution in [0.1, 0.15) is 5.56 Å². The van der Waals surface area contributed by atoms with E-state index in [1.807, 2.05) is 24.3 Å². The summed E-state index contributed by atoms with van der Waals surface area (Å²) in [5, 5.41) is 0. The smallest absolute Gasteiger partial charge is 0.135 e. The van der Waals surface area contributed by atoms with E-state index in [2.05, 4.69) is 44.4 Å². The highest BCUT2D eigenvalue weighted by Gasteiger charge is 2.20. The van der Waals surface area contributed by atoms with Crippen LogP contribution in [0.5, 0.6) is 17.2 Å². The van der Waals surface area contributed by atoms with Crippen molar-refractivity contribution in [3.05, 3.63) is 58.7 Å². The van der Waals surface area contributed by atoms with E-state index in [-0.39, 0.29) is 0 Å². The molecule has 1 heterocycles. The van der Waals surface area contributed by atoms with Crippen LogP contribution >= 0.6 is 15.9 Å². The van der Waals surface area contributed by atoms with Crippen LogP contribution in [0.4, 0.5) is 5.69 Å². The fourth-order valence-electron chi connectivity index (χ4n) is 3.48. The van der Waals surface area contributed by atoms with Crippen molar-refractivity contribution >= 4 is 21.6 Å². The molecule has 2 aromatic rings. The summed E-state index contributed by atoms with van der Waals surface area (Å²) >= 11 is 3.51. The van der Waals surface area contributed by atoms with Gasteiger partial charge in [-0.1, -0.05) is 6.58 Å². The molecular formula is C22H27BrN2O3. The Balaban J connectivity index is 1.63. The first-order valence-electron chi connectivity index (χ1n) is 9.27. The van der Waals surface area contributed by atoms with Crippen molar-refractivity contribution in [2.75, 3.05) is 52.4 Å². The number of benzene rings is 2. The zero-order valence-corrected chi connectivity index (χ0v) is 18.3. The zero-order valence-electron chi connectivity index (χ0n) is 16.7. The molecule has 0 unspecified atom stereocenters. The van der Waals surface area contributed by atoms with Gasteiger partial charge in [0.1, 0.15) is 17.2 Å². The van der Waals surface area contributed by atoms with Gasteiger partial charge in [-0.05, 0) is 46.3 Å². The number of anilines is 1. The van der Waals surface area contributed by atoms with Crippen molar-refractivity contribution in [2.45, 2.75) is 6.42 Å². The predicted octanol–water partition coefficient (Wildman–Crippen LogP) is 4.35. The van der Waals surface area contributed by atoms with Crippen LogP contribution in [0.15, 0.2) is 53.1 Å². The van der Waals surface area contributed by atoms with E-state index >= 15 is 0 Å². The lowest BCUT2D eigenvalue weighted by Crippen LogP contribution is -2.46. The number of nitrogens with zero attached hydrogens (tertiary/aromatic N) is 2. The lowest BCUT2D eigenvalue weighted by Gasteiger charge is -2.38. The topological polar surface area (TPSA) is 34.2 Å². The van der Waals surface area contributed by atoms with Crippen LogP contribution in [0.2, 0.25) is 0 Å². The zero-order chi connectivity index (χ0) is 20.1. The van der Waals surface area contributed by atoms with Crippen LogP contribution in [0.3, 0.4) is 0 Å². The Kier molecular flexibility index (Phi) is 6.73. The number of piperazine rings is 1. The largest absolute Gasteiger partial charge is 0.497 e. The van der Waals surface area contributed by atoms with Crippen molar-refractivity contribution in [3.8, 4) is 17.2 Å². The minimum Gasteiger partial charge on any atom is -0.497 e. The van der Waals surface area contributed by atoms with E-state index in [0.717, 1.165) is 65.6 Å². The van der Waals surface area contributed by atoms with Gasteiger partial charge in [-0.3, -0.25) is 0 Å². The summed E-state index contributed by atoms with van der Waals surface area (Å²) in [7, 11) is 5.06. The minimum atomic E-state index is 0.743. The average molecular weight is 447 g/mol. The predicted molar refractivity (Wildman–Crippen MR) is 117 cm³/mol. The van der Waals surface area contributed by atoms with Gasteiger partial charge in [0.25, 0.3) is 0 Å². The Hall–Kier alpha value is -2.34. The summed E-state index contributed by atoms with van der Waals surface area (Å²) in [4.78, 5) is 4.73. The third-order valence-corrected chi connectivity index (χ3v) is 5.76.